The second kappa shape index (κ2) is 8.16. The van der Waals surface area contributed by atoms with Crippen LogP contribution in [0.2, 0.25) is 0 Å². The van der Waals surface area contributed by atoms with E-state index in [1.54, 1.807) is 4.90 Å². The maximum atomic E-state index is 11.9. The summed E-state index contributed by atoms with van der Waals surface area (Å²) in [6, 6.07) is 7.65. The molecule has 0 bridgehead atoms. The molecule has 0 aliphatic rings. The number of likely N-dealkylation sites (N-methyl/N-ethyl adjacent to an activating group) is 1. The van der Waals surface area contributed by atoms with Gasteiger partial charge in [0.2, 0.25) is 5.91 Å². The first-order valence-corrected chi connectivity index (χ1v) is 6.71. The van der Waals surface area contributed by atoms with Gasteiger partial charge in [0, 0.05) is 25.1 Å². The van der Waals surface area contributed by atoms with E-state index in [0.717, 1.165) is 36.3 Å². The van der Waals surface area contributed by atoms with Gasteiger partial charge < -0.3 is 10.0 Å². The van der Waals surface area contributed by atoms with Gasteiger partial charge in [0.1, 0.15) is 0 Å². The van der Waals surface area contributed by atoms with Crippen molar-refractivity contribution in [3.8, 4) is 0 Å². The predicted molar refractivity (Wildman–Crippen MR) is 76.0 cm³/mol. The summed E-state index contributed by atoms with van der Waals surface area (Å²) >= 11 is 4.21. The third-order valence-electron chi connectivity index (χ3n) is 2.87. The number of carbonyl (C=O) groups excluding carboxylic acids is 1. The number of hydrogen-bond acceptors (Lipinski definition) is 3. The Bertz CT molecular complexity index is 365. The quantitative estimate of drug-likeness (QED) is 0.587. The van der Waals surface area contributed by atoms with E-state index >= 15 is 0 Å². The van der Waals surface area contributed by atoms with Crippen molar-refractivity contribution < 1.29 is 9.90 Å². The summed E-state index contributed by atoms with van der Waals surface area (Å²) in [6.07, 6.45) is 3.15. The number of thiol groups is 1. The number of benzene rings is 1. The molecular formula is C14H21NO2S. The van der Waals surface area contributed by atoms with Crippen LogP contribution in [0.5, 0.6) is 0 Å². The summed E-state index contributed by atoms with van der Waals surface area (Å²) in [4.78, 5) is 14.6. The lowest BCUT2D eigenvalue weighted by atomic mass is 10.1. The van der Waals surface area contributed by atoms with Crippen LogP contribution in [0.4, 0.5) is 0 Å². The number of amides is 1. The molecule has 0 radical (unpaired) electrons. The summed E-state index contributed by atoms with van der Waals surface area (Å²) in [5, 5.41) is 8.67. The van der Waals surface area contributed by atoms with Crippen molar-refractivity contribution in [3.63, 3.8) is 0 Å². The smallest absolute Gasteiger partial charge is 0.226 e. The summed E-state index contributed by atoms with van der Waals surface area (Å²) in [7, 11) is 1.83. The highest BCUT2D eigenvalue weighted by molar-refractivity contribution is 7.80. The van der Waals surface area contributed by atoms with Gasteiger partial charge in [-0.2, -0.15) is 0 Å². The van der Waals surface area contributed by atoms with E-state index in [-0.39, 0.29) is 12.5 Å². The number of hydrogen-bond donors (Lipinski definition) is 2. The van der Waals surface area contributed by atoms with E-state index in [2.05, 4.69) is 12.6 Å². The first-order valence-electron chi connectivity index (χ1n) is 6.26. The fourth-order valence-corrected chi connectivity index (χ4v) is 1.83. The lowest BCUT2D eigenvalue weighted by Gasteiger charge is -2.17. The van der Waals surface area contributed by atoms with Gasteiger partial charge in [-0.15, -0.1) is 12.6 Å². The lowest BCUT2D eigenvalue weighted by Crippen LogP contribution is -2.29. The Hall–Kier alpha value is -1.00. The van der Waals surface area contributed by atoms with Crippen LogP contribution < -0.4 is 0 Å². The summed E-state index contributed by atoms with van der Waals surface area (Å²) in [6.45, 7) is 0.983. The van der Waals surface area contributed by atoms with E-state index in [1.807, 2.05) is 31.3 Å². The highest BCUT2D eigenvalue weighted by Crippen LogP contribution is 2.09. The molecule has 18 heavy (non-hydrogen) atoms. The van der Waals surface area contributed by atoms with Gasteiger partial charge in [0.15, 0.2) is 0 Å². The standard InChI is InChI=1S/C14H21NO2S/c1-15(9-3-2-4-10-16)14(17)11-12-5-7-13(18)8-6-12/h5-8,16,18H,2-4,9-11H2,1H3. The Balaban J connectivity index is 2.33. The molecule has 0 unspecified atom stereocenters. The van der Waals surface area contributed by atoms with Gasteiger partial charge in [0.05, 0.1) is 6.42 Å². The van der Waals surface area contributed by atoms with Crippen molar-refractivity contribution in [3.05, 3.63) is 29.8 Å². The van der Waals surface area contributed by atoms with Crippen LogP contribution in [0.15, 0.2) is 29.2 Å². The highest BCUT2D eigenvalue weighted by atomic mass is 32.1. The molecule has 0 atom stereocenters. The van der Waals surface area contributed by atoms with E-state index < -0.39 is 0 Å². The normalized spacial score (nSPS) is 10.4. The van der Waals surface area contributed by atoms with Crippen molar-refractivity contribution in [2.24, 2.45) is 0 Å². The molecule has 3 nitrogen and oxygen atoms in total. The Morgan fingerprint density at radius 2 is 1.89 bits per heavy atom. The molecular weight excluding hydrogens is 246 g/mol. The number of carbonyl (C=O) groups is 1. The third kappa shape index (κ3) is 5.56. The highest BCUT2D eigenvalue weighted by Gasteiger charge is 2.08. The maximum Gasteiger partial charge on any atom is 0.226 e. The molecule has 0 aliphatic carbocycles. The SMILES string of the molecule is CN(CCCCCO)C(=O)Cc1ccc(S)cc1. The predicted octanol–water partition coefficient (Wildman–Crippen LogP) is 2.14. The van der Waals surface area contributed by atoms with Crippen LogP contribution in [0.25, 0.3) is 0 Å². The largest absolute Gasteiger partial charge is 0.396 e. The average molecular weight is 267 g/mol. The molecule has 0 aromatic heterocycles. The van der Waals surface area contributed by atoms with Crippen LogP contribution in [-0.2, 0) is 11.2 Å². The molecule has 100 valence electrons. The molecule has 0 fully saturated rings. The third-order valence-corrected chi connectivity index (χ3v) is 3.17. The fraction of sp³-hybridized carbons (Fsp3) is 0.500. The van der Waals surface area contributed by atoms with Crippen molar-refractivity contribution in [2.75, 3.05) is 20.2 Å². The molecule has 0 saturated carbocycles. The van der Waals surface area contributed by atoms with E-state index in [1.165, 1.54) is 0 Å². The van der Waals surface area contributed by atoms with E-state index in [9.17, 15) is 4.79 Å². The monoisotopic (exact) mass is 267 g/mol. The van der Waals surface area contributed by atoms with Crippen molar-refractivity contribution >= 4 is 18.5 Å². The Morgan fingerprint density at radius 1 is 1.22 bits per heavy atom. The van der Waals surface area contributed by atoms with Crippen molar-refractivity contribution in [1.82, 2.24) is 4.90 Å². The fourth-order valence-electron chi connectivity index (χ4n) is 1.69. The van der Waals surface area contributed by atoms with Crippen LogP contribution in [-0.4, -0.2) is 36.1 Å². The number of aliphatic hydroxyl groups excluding tert-OH is 1. The maximum absolute atomic E-state index is 11.9. The summed E-state index contributed by atoms with van der Waals surface area (Å²) < 4.78 is 0. The minimum Gasteiger partial charge on any atom is -0.396 e. The molecule has 1 N–H and O–H groups in total. The molecule has 1 amide bonds. The molecule has 0 heterocycles. The van der Waals surface area contributed by atoms with E-state index in [0.29, 0.717) is 6.42 Å². The second-order valence-electron chi connectivity index (χ2n) is 4.44. The Labute approximate surface area is 114 Å². The zero-order valence-electron chi connectivity index (χ0n) is 10.8. The van der Waals surface area contributed by atoms with Gasteiger partial charge >= 0.3 is 0 Å². The molecule has 1 rings (SSSR count). The zero-order valence-corrected chi connectivity index (χ0v) is 11.7. The molecule has 0 spiro atoms. The van der Waals surface area contributed by atoms with E-state index in [4.69, 9.17) is 5.11 Å². The van der Waals surface area contributed by atoms with Gasteiger partial charge in [-0.25, -0.2) is 0 Å². The van der Waals surface area contributed by atoms with Gasteiger partial charge in [-0.3, -0.25) is 4.79 Å². The topological polar surface area (TPSA) is 40.5 Å². The van der Waals surface area contributed by atoms with Gasteiger partial charge in [0.25, 0.3) is 0 Å². The van der Waals surface area contributed by atoms with Crippen LogP contribution in [0, 0.1) is 0 Å². The van der Waals surface area contributed by atoms with Crippen LogP contribution in [0.3, 0.4) is 0 Å². The van der Waals surface area contributed by atoms with Gasteiger partial charge in [-0.05, 0) is 37.0 Å². The Kier molecular flexibility index (Phi) is 6.83. The average Bonchev–Trinajstić information content (AvgIpc) is 2.37. The number of unbranched alkanes of at least 4 members (excludes halogenated alkanes) is 2. The molecule has 4 heteroatoms. The van der Waals surface area contributed by atoms with Crippen molar-refractivity contribution in [1.29, 1.82) is 0 Å². The van der Waals surface area contributed by atoms with Crippen LogP contribution in [0.1, 0.15) is 24.8 Å². The number of aliphatic hydroxyl groups is 1. The molecule has 0 aliphatic heterocycles. The number of nitrogens with zero attached hydrogens (tertiary/aromatic N) is 1. The number of rotatable bonds is 7. The molecule has 0 saturated heterocycles. The second-order valence-corrected chi connectivity index (χ2v) is 4.96. The summed E-state index contributed by atoms with van der Waals surface area (Å²) in [5.74, 6) is 0.130. The first kappa shape index (κ1) is 15.1. The minimum absolute atomic E-state index is 0.130. The van der Waals surface area contributed by atoms with Gasteiger partial charge in [-0.1, -0.05) is 12.1 Å². The molecule has 1 aromatic rings. The van der Waals surface area contributed by atoms with Crippen LogP contribution >= 0.6 is 12.6 Å². The zero-order chi connectivity index (χ0) is 13.4. The molecule has 1 aromatic carbocycles. The minimum atomic E-state index is 0.130. The Morgan fingerprint density at radius 3 is 2.50 bits per heavy atom. The summed E-state index contributed by atoms with van der Waals surface area (Å²) in [5.41, 5.74) is 1.01. The van der Waals surface area contributed by atoms with Crippen molar-refractivity contribution in [2.45, 2.75) is 30.6 Å². The lowest BCUT2D eigenvalue weighted by molar-refractivity contribution is -0.129. The first-order chi connectivity index (χ1) is 8.63.